The van der Waals surface area contributed by atoms with Crippen LogP contribution in [0.15, 0.2) is 0 Å². The SMILES string of the molecule is CCCCCCCCCC(CC)C(=O)ON. The van der Waals surface area contributed by atoms with Crippen molar-refractivity contribution in [3.63, 3.8) is 0 Å². The molecule has 2 N–H and O–H groups in total. The van der Waals surface area contributed by atoms with Gasteiger partial charge in [-0.1, -0.05) is 58.8 Å². The predicted octanol–water partition coefficient (Wildman–Crippen LogP) is 3.57. The summed E-state index contributed by atoms with van der Waals surface area (Å²) in [5, 5.41) is 0. The molecule has 0 amide bonds. The van der Waals surface area contributed by atoms with Gasteiger partial charge < -0.3 is 4.84 Å². The summed E-state index contributed by atoms with van der Waals surface area (Å²) in [5.74, 6) is 4.63. The zero-order chi connectivity index (χ0) is 12.2. The fraction of sp³-hybridized carbons (Fsp3) is 0.923. The van der Waals surface area contributed by atoms with Gasteiger partial charge in [0.1, 0.15) is 0 Å². The average Bonchev–Trinajstić information content (AvgIpc) is 2.32. The molecule has 3 nitrogen and oxygen atoms in total. The van der Waals surface area contributed by atoms with Gasteiger partial charge in [0.2, 0.25) is 0 Å². The van der Waals surface area contributed by atoms with Crippen LogP contribution in [0.3, 0.4) is 0 Å². The minimum atomic E-state index is -0.256. The van der Waals surface area contributed by atoms with Crippen molar-refractivity contribution in [1.82, 2.24) is 0 Å². The van der Waals surface area contributed by atoms with Crippen molar-refractivity contribution in [1.29, 1.82) is 0 Å². The van der Waals surface area contributed by atoms with Gasteiger partial charge in [0.05, 0.1) is 5.92 Å². The maximum Gasteiger partial charge on any atom is 0.327 e. The predicted molar refractivity (Wildman–Crippen MR) is 66.7 cm³/mol. The minimum Gasteiger partial charge on any atom is -0.373 e. The quantitative estimate of drug-likeness (QED) is 0.460. The molecule has 96 valence electrons. The Balaban J connectivity index is 3.38. The fourth-order valence-corrected chi connectivity index (χ4v) is 1.93. The molecule has 0 spiro atoms. The van der Waals surface area contributed by atoms with Crippen molar-refractivity contribution < 1.29 is 9.63 Å². The Morgan fingerprint density at radius 2 is 1.62 bits per heavy atom. The van der Waals surface area contributed by atoms with Gasteiger partial charge in [-0.15, -0.1) is 0 Å². The molecule has 0 aromatic heterocycles. The number of carbonyl (C=O) groups is 1. The Labute approximate surface area is 99.7 Å². The zero-order valence-electron chi connectivity index (χ0n) is 10.8. The molecule has 3 heteroatoms. The first-order valence-electron chi connectivity index (χ1n) is 6.66. The number of unbranched alkanes of at least 4 members (excludes halogenated alkanes) is 6. The van der Waals surface area contributed by atoms with Gasteiger partial charge in [0.15, 0.2) is 0 Å². The first-order chi connectivity index (χ1) is 7.76. The highest BCUT2D eigenvalue weighted by atomic mass is 16.7. The molecule has 0 bridgehead atoms. The number of nitrogens with two attached hydrogens (primary N) is 1. The van der Waals surface area contributed by atoms with Gasteiger partial charge in [-0.2, -0.15) is 5.90 Å². The summed E-state index contributed by atoms with van der Waals surface area (Å²) >= 11 is 0. The summed E-state index contributed by atoms with van der Waals surface area (Å²) in [6.45, 7) is 4.23. The van der Waals surface area contributed by atoms with Gasteiger partial charge >= 0.3 is 5.97 Å². The lowest BCUT2D eigenvalue weighted by Crippen LogP contribution is -2.20. The topological polar surface area (TPSA) is 52.3 Å². The Morgan fingerprint density at radius 3 is 2.12 bits per heavy atom. The molecule has 0 aromatic carbocycles. The van der Waals surface area contributed by atoms with E-state index in [-0.39, 0.29) is 11.9 Å². The molecule has 0 fully saturated rings. The van der Waals surface area contributed by atoms with Gasteiger partial charge in [-0.25, -0.2) is 0 Å². The number of carbonyl (C=O) groups excluding carboxylic acids is 1. The molecule has 1 unspecified atom stereocenters. The highest BCUT2D eigenvalue weighted by molar-refractivity contribution is 5.71. The summed E-state index contributed by atoms with van der Waals surface area (Å²) in [4.78, 5) is 15.5. The Kier molecular flexibility index (Phi) is 10.5. The van der Waals surface area contributed by atoms with E-state index in [4.69, 9.17) is 5.90 Å². The summed E-state index contributed by atoms with van der Waals surface area (Å²) in [7, 11) is 0. The van der Waals surface area contributed by atoms with E-state index < -0.39 is 0 Å². The molecule has 0 aromatic rings. The highest BCUT2D eigenvalue weighted by Crippen LogP contribution is 2.16. The van der Waals surface area contributed by atoms with E-state index in [1.54, 1.807) is 0 Å². The summed E-state index contributed by atoms with van der Waals surface area (Å²) in [6.07, 6.45) is 10.7. The third-order valence-corrected chi connectivity index (χ3v) is 3.10. The molecule has 0 aliphatic heterocycles. The minimum absolute atomic E-state index is 0.000594. The smallest absolute Gasteiger partial charge is 0.327 e. The normalized spacial score (nSPS) is 12.4. The number of hydrogen-bond donors (Lipinski definition) is 1. The van der Waals surface area contributed by atoms with E-state index >= 15 is 0 Å². The van der Waals surface area contributed by atoms with E-state index in [9.17, 15) is 4.79 Å². The Morgan fingerprint density at radius 1 is 1.06 bits per heavy atom. The molecule has 1 atom stereocenters. The molecule has 0 aliphatic rings. The lowest BCUT2D eigenvalue weighted by atomic mass is 9.98. The fourth-order valence-electron chi connectivity index (χ4n) is 1.93. The maximum atomic E-state index is 11.2. The summed E-state index contributed by atoms with van der Waals surface area (Å²) in [6, 6.07) is 0. The van der Waals surface area contributed by atoms with Crippen LogP contribution in [0.25, 0.3) is 0 Å². The largest absolute Gasteiger partial charge is 0.373 e. The monoisotopic (exact) mass is 229 g/mol. The Bertz CT molecular complexity index is 171. The van der Waals surface area contributed by atoms with Crippen molar-refractivity contribution in [2.24, 2.45) is 11.8 Å². The first kappa shape index (κ1) is 15.4. The molecule has 0 radical (unpaired) electrons. The maximum absolute atomic E-state index is 11.2. The molecule has 0 aliphatic carbocycles. The van der Waals surface area contributed by atoms with Gasteiger partial charge in [-0.3, -0.25) is 4.79 Å². The molecule has 0 rings (SSSR count). The number of rotatable bonds is 10. The van der Waals surface area contributed by atoms with Crippen LogP contribution in [0, 0.1) is 5.92 Å². The standard InChI is InChI=1S/C13H27NO2/c1-3-5-6-7-8-9-10-11-12(4-2)13(15)16-14/h12H,3-11,14H2,1-2H3. The second-order valence-corrected chi connectivity index (χ2v) is 4.45. The van der Waals surface area contributed by atoms with Crippen LogP contribution in [0.5, 0.6) is 0 Å². The van der Waals surface area contributed by atoms with Crippen molar-refractivity contribution in [2.75, 3.05) is 0 Å². The van der Waals surface area contributed by atoms with Crippen LogP contribution < -0.4 is 5.90 Å². The van der Waals surface area contributed by atoms with Crippen LogP contribution in [0.1, 0.15) is 71.6 Å². The van der Waals surface area contributed by atoms with Crippen LogP contribution >= 0.6 is 0 Å². The van der Waals surface area contributed by atoms with Crippen molar-refractivity contribution in [2.45, 2.75) is 71.6 Å². The van der Waals surface area contributed by atoms with E-state index in [0.717, 1.165) is 19.3 Å². The molecule has 0 heterocycles. The van der Waals surface area contributed by atoms with Crippen molar-refractivity contribution in [3.05, 3.63) is 0 Å². The van der Waals surface area contributed by atoms with Crippen molar-refractivity contribution in [3.8, 4) is 0 Å². The van der Waals surface area contributed by atoms with Crippen LogP contribution in [-0.2, 0) is 9.63 Å². The Hall–Kier alpha value is -0.570. The molecule has 0 saturated heterocycles. The lowest BCUT2D eigenvalue weighted by molar-refractivity contribution is -0.149. The van der Waals surface area contributed by atoms with Crippen LogP contribution in [0.4, 0.5) is 0 Å². The van der Waals surface area contributed by atoms with Gasteiger partial charge in [-0.05, 0) is 12.8 Å². The third kappa shape index (κ3) is 7.69. The summed E-state index contributed by atoms with van der Waals surface area (Å²) in [5.41, 5.74) is 0. The zero-order valence-corrected chi connectivity index (χ0v) is 10.8. The van der Waals surface area contributed by atoms with E-state index in [1.165, 1.54) is 38.5 Å². The molecule has 16 heavy (non-hydrogen) atoms. The van der Waals surface area contributed by atoms with Crippen molar-refractivity contribution >= 4 is 5.97 Å². The average molecular weight is 229 g/mol. The lowest BCUT2D eigenvalue weighted by Gasteiger charge is -2.10. The van der Waals surface area contributed by atoms with E-state index in [0.29, 0.717) is 0 Å². The summed E-state index contributed by atoms with van der Waals surface area (Å²) < 4.78 is 0. The first-order valence-corrected chi connectivity index (χ1v) is 6.66. The third-order valence-electron chi connectivity index (χ3n) is 3.10. The van der Waals surface area contributed by atoms with E-state index in [1.807, 2.05) is 6.92 Å². The molecule has 0 saturated carbocycles. The van der Waals surface area contributed by atoms with Crippen LogP contribution in [-0.4, -0.2) is 5.97 Å². The second-order valence-electron chi connectivity index (χ2n) is 4.45. The number of hydrogen-bond acceptors (Lipinski definition) is 3. The molecular weight excluding hydrogens is 202 g/mol. The van der Waals surface area contributed by atoms with Crippen LogP contribution in [0.2, 0.25) is 0 Å². The highest BCUT2D eigenvalue weighted by Gasteiger charge is 2.16. The second kappa shape index (κ2) is 10.9. The van der Waals surface area contributed by atoms with Gasteiger partial charge in [0, 0.05) is 0 Å². The molecular formula is C13H27NO2. The van der Waals surface area contributed by atoms with Gasteiger partial charge in [0.25, 0.3) is 0 Å². The van der Waals surface area contributed by atoms with E-state index in [2.05, 4.69) is 11.8 Å².